The number of carbonyl (C=O) groups excluding carboxylic acids is 1. The van der Waals surface area contributed by atoms with Gasteiger partial charge in [-0.15, -0.1) is 0 Å². The van der Waals surface area contributed by atoms with Crippen LogP contribution in [-0.2, 0) is 33.7 Å². The van der Waals surface area contributed by atoms with Gasteiger partial charge < -0.3 is 19.3 Å². The van der Waals surface area contributed by atoms with E-state index >= 15 is 0 Å². The molecule has 3 aromatic carbocycles. The largest absolute Gasteiger partial charge is 0.493 e. The Morgan fingerprint density at radius 3 is 2.21 bits per heavy atom. The van der Waals surface area contributed by atoms with Gasteiger partial charge in [0.2, 0.25) is 0 Å². The molecular formula is C27H29NO6. The molecule has 0 heterocycles. The zero-order chi connectivity index (χ0) is 24.2. The molecule has 1 amide bonds. The quantitative estimate of drug-likeness (QED) is 0.389. The number of hydrogen-bond acceptors (Lipinski definition) is 5. The molecule has 0 aliphatic rings. The van der Waals surface area contributed by atoms with Crippen LogP contribution in [0.5, 0.6) is 5.75 Å². The van der Waals surface area contributed by atoms with Crippen molar-refractivity contribution in [3.8, 4) is 5.75 Å². The summed E-state index contributed by atoms with van der Waals surface area (Å²) in [5.41, 5.74) is 3.53. The molecule has 1 unspecified atom stereocenters. The molecule has 0 saturated heterocycles. The summed E-state index contributed by atoms with van der Waals surface area (Å²) < 4.78 is 16.3. The van der Waals surface area contributed by atoms with Crippen LogP contribution in [0.15, 0.2) is 78.9 Å². The molecule has 7 nitrogen and oxygen atoms in total. The van der Waals surface area contributed by atoms with Gasteiger partial charge >= 0.3 is 12.1 Å². The molecular weight excluding hydrogens is 434 g/mol. The molecule has 7 heteroatoms. The highest BCUT2D eigenvalue weighted by molar-refractivity contribution is 5.84. The Hall–Kier alpha value is -3.84. The van der Waals surface area contributed by atoms with Crippen LogP contribution in [0.25, 0.3) is 0 Å². The van der Waals surface area contributed by atoms with Gasteiger partial charge in [-0.1, -0.05) is 54.6 Å². The van der Waals surface area contributed by atoms with Gasteiger partial charge in [0.1, 0.15) is 12.4 Å². The second-order valence-electron chi connectivity index (χ2n) is 7.61. The predicted octanol–water partition coefficient (Wildman–Crippen LogP) is 5.09. The van der Waals surface area contributed by atoms with E-state index in [1.54, 1.807) is 6.92 Å². The smallest absolute Gasteiger partial charge is 0.411 e. The van der Waals surface area contributed by atoms with Gasteiger partial charge in [0, 0.05) is 25.1 Å². The maximum Gasteiger partial charge on any atom is 0.411 e. The average Bonchev–Trinajstić information content (AvgIpc) is 2.85. The maximum absolute atomic E-state index is 12.0. The van der Waals surface area contributed by atoms with E-state index in [4.69, 9.17) is 14.2 Å². The molecule has 0 fully saturated rings. The van der Waals surface area contributed by atoms with Gasteiger partial charge in [-0.25, -0.2) is 9.59 Å². The summed E-state index contributed by atoms with van der Waals surface area (Å²) in [6.07, 6.45) is -0.338. The van der Waals surface area contributed by atoms with Crippen LogP contribution < -0.4 is 10.1 Å². The highest BCUT2D eigenvalue weighted by Gasteiger charge is 2.17. The summed E-state index contributed by atoms with van der Waals surface area (Å²) in [7, 11) is 0. The van der Waals surface area contributed by atoms with Crippen molar-refractivity contribution in [1.29, 1.82) is 0 Å². The molecule has 2 N–H and O–H groups in total. The minimum atomic E-state index is -0.965. The first-order valence-electron chi connectivity index (χ1n) is 11.2. The molecule has 178 valence electrons. The molecule has 0 aliphatic heterocycles. The van der Waals surface area contributed by atoms with E-state index in [9.17, 15) is 14.7 Å². The van der Waals surface area contributed by atoms with Crippen molar-refractivity contribution >= 4 is 17.7 Å². The Labute approximate surface area is 199 Å². The highest BCUT2D eigenvalue weighted by atomic mass is 16.5. The molecule has 1 atom stereocenters. The van der Waals surface area contributed by atoms with Crippen LogP contribution in [0.3, 0.4) is 0 Å². The number of carboxylic acid groups (broad SMARTS) is 1. The number of aliphatic carboxylic acids is 1. The third-order valence-electron chi connectivity index (χ3n) is 5.06. The Bertz CT molecular complexity index is 1030. The van der Waals surface area contributed by atoms with Gasteiger partial charge in [-0.05, 0) is 47.9 Å². The van der Waals surface area contributed by atoms with Crippen LogP contribution in [0.4, 0.5) is 10.5 Å². The van der Waals surface area contributed by atoms with Crippen LogP contribution >= 0.6 is 0 Å². The number of nitrogens with one attached hydrogen (secondary N) is 1. The standard InChI is InChI=1S/C27H29NO6/c1-2-32-25(26(29)30)18-21-10-14-24(15-11-21)33-17-16-20-8-12-23(13-9-20)28-27(31)34-19-22-6-4-3-5-7-22/h3-15,25H,2,16-19H2,1H3,(H,28,31)(H,29,30). The Morgan fingerprint density at radius 2 is 1.56 bits per heavy atom. The van der Waals surface area contributed by atoms with Crippen LogP contribution in [-0.4, -0.2) is 36.5 Å². The first kappa shape index (κ1) is 24.8. The first-order valence-corrected chi connectivity index (χ1v) is 11.2. The van der Waals surface area contributed by atoms with Crippen molar-refractivity contribution in [2.75, 3.05) is 18.5 Å². The van der Waals surface area contributed by atoms with Crippen molar-refractivity contribution in [2.45, 2.75) is 32.5 Å². The molecule has 0 spiro atoms. The molecule has 0 aliphatic carbocycles. The number of hydrogen-bond donors (Lipinski definition) is 2. The number of benzene rings is 3. The third-order valence-corrected chi connectivity index (χ3v) is 5.06. The van der Waals surface area contributed by atoms with E-state index in [1.807, 2.05) is 78.9 Å². The fourth-order valence-corrected chi connectivity index (χ4v) is 3.27. The van der Waals surface area contributed by atoms with Crippen molar-refractivity contribution in [1.82, 2.24) is 0 Å². The molecule has 0 bridgehead atoms. The monoisotopic (exact) mass is 463 g/mol. The lowest BCUT2D eigenvalue weighted by Gasteiger charge is -2.13. The van der Waals surface area contributed by atoms with Gasteiger partial charge in [0.25, 0.3) is 0 Å². The highest BCUT2D eigenvalue weighted by Crippen LogP contribution is 2.16. The van der Waals surface area contributed by atoms with Gasteiger partial charge in [-0.2, -0.15) is 0 Å². The van der Waals surface area contributed by atoms with Gasteiger partial charge in [-0.3, -0.25) is 5.32 Å². The van der Waals surface area contributed by atoms with Crippen molar-refractivity contribution in [3.63, 3.8) is 0 Å². The topological polar surface area (TPSA) is 94.1 Å². The molecule has 0 radical (unpaired) electrons. The van der Waals surface area contributed by atoms with Gasteiger partial charge in [0.05, 0.1) is 6.61 Å². The summed E-state index contributed by atoms with van der Waals surface area (Å²) in [6, 6.07) is 24.4. The number of anilines is 1. The lowest BCUT2D eigenvalue weighted by atomic mass is 10.1. The third kappa shape index (κ3) is 8.26. The SMILES string of the molecule is CCOC(Cc1ccc(OCCc2ccc(NC(=O)OCc3ccccc3)cc2)cc1)C(=O)O. The maximum atomic E-state index is 12.0. The van der Waals surface area contributed by atoms with E-state index < -0.39 is 18.2 Å². The molecule has 3 aromatic rings. The minimum Gasteiger partial charge on any atom is -0.493 e. The van der Waals surface area contributed by atoms with E-state index in [1.165, 1.54) is 0 Å². The summed E-state index contributed by atoms with van der Waals surface area (Å²) in [6.45, 7) is 2.84. The van der Waals surface area contributed by atoms with Crippen molar-refractivity contribution in [2.24, 2.45) is 0 Å². The number of carboxylic acids is 1. The number of ether oxygens (including phenoxy) is 3. The Morgan fingerprint density at radius 1 is 0.882 bits per heavy atom. The van der Waals surface area contributed by atoms with Crippen molar-refractivity contribution in [3.05, 3.63) is 95.6 Å². The second kappa shape index (κ2) is 13.0. The summed E-state index contributed by atoms with van der Waals surface area (Å²) in [5.74, 6) is -0.251. The minimum absolute atomic E-state index is 0.218. The van der Waals surface area contributed by atoms with E-state index in [2.05, 4.69) is 5.32 Å². The molecule has 3 rings (SSSR count). The summed E-state index contributed by atoms with van der Waals surface area (Å²) in [4.78, 5) is 23.2. The zero-order valence-electron chi connectivity index (χ0n) is 19.1. The lowest BCUT2D eigenvalue weighted by Crippen LogP contribution is -2.26. The Balaban J connectivity index is 1.39. The fourth-order valence-electron chi connectivity index (χ4n) is 3.27. The van der Waals surface area contributed by atoms with E-state index in [0.29, 0.717) is 37.5 Å². The zero-order valence-corrected chi connectivity index (χ0v) is 19.1. The number of amides is 1. The predicted molar refractivity (Wildman–Crippen MR) is 129 cm³/mol. The normalized spacial score (nSPS) is 11.4. The first-order chi connectivity index (χ1) is 16.5. The Kier molecular flexibility index (Phi) is 9.49. The van der Waals surface area contributed by atoms with E-state index in [0.717, 1.165) is 16.7 Å². The second-order valence-corrected chi connectivity index (χ2v) is 7.61. The average molecular weight is 464 g/mol. The van der Waals surface area contributed by atoms with Crippen molar-refractivity contribution < 1.29 is 28.9 Å². The fraction of sp³-hybridized carbons (Fsp3) is 0.259. The summed E-state index contributed by atoms with van der Waals surface area (Å²) in [5, 5.41) is 11.9. The van der Waals surface area contributed by atoms with E-state index in [-0.39, 0.29) is 6.61 Å². The lowest BCUT2D eigenvalue weighted by molar-refractivity contribution is -0.149. The van der Waals surface area contributed by atoms with Crippen LogP contribution in [0, 0.1) is 0 Å². The molecule has 34 heavy (non-hydrogen) atoms. The number of carbonyl (C=O) groups is 2. The van der Waals surface area contributed by atoms with Crippen LogP contribution in [0.2, 0.25) is 0 Å². The molecule has 0 saturated carbocycles. The van der Waals surface area contributed by atoms with Gasteiger partial charge in [0.15, 0.2) is 6.10 Å². The molecule has 0 aromatic heterocycles. The van der Waals surface area contributed by atoms with Crippen LogP contribution in [0.1, 0.15) is 23.6 Å². The summed E-state index contributed by atoms with van der Waals surface area (Å²) >= 11 is 0. The number of rotatable bonds is 12.